The van der Waals surface area contributed by atoms with Crippen molar-refractivity contribution in [2.75, 3.05) is 0 Å². The Hall–Kier alpha value is -3.80. The lowest BCUT2D eigenvalue weighted by molar-refractivity contribution is -0.124. The van der Waals surface area contributed by atoms with Gasteiger partial charge in [-0.05, 0) is 52.0 Å². The molecule has 1 unspecified atom stereocenters. The molecule has 1 atom stereocenters. The number of amides is 1. The zero-order valence-corrected chi connectivity index (χ0v) is 18.7. The van der Waals surface area contributed by atoms with Gasteiger partial charge >= 0.3 is 0 Å². The van der Waals surface area contributed by atoms with Gasteiger partial charge in [-0.25, -0.2) is 4.98 Å². The molecular weight excluding hydrogens is 400 g/mol. The average molecular weight is 427 g/mol. The van der Waals surface area contributed by atoms with Crippen LogP contribution in [-0.2, 0) is 4.79 Å². The van der Waals surface area contributed by atoms with Crippen LogP contribution in [0.2, 0.25) is 0 Å². The van der Waals surface area contributed by atoms with E-state index in [4.69, 9.17) is 0 Å². The van der Waals surface area contributed by atoms with E-state index in [1.165, 1.54) is 4.57 Å². The fourth-order valence-corrected chi connectivity index (χ4v) is 3.73. The Kier molecular flexibility index (Phi) is 5.61. The SMILES string of the molecule is Cc1cccc(C(C(=O)NC(C)(C)C)n2c(=O)c(-c3ccccc3)nc3ccccc32)n1. The number of nitrogens with zero attached hydrogens (tertiary/aromatic N) is 3. The number of aryl methyl sites for hydroxylation is 1. The molecule has 1 N–H and O–H groups in total. The van der Waals surface area contributed by atoms with E-state index in [-0.39, 0.29) is 11.5 Å². The second-order valence-electron chi connectivity index (χ2n) is 8.84. The van der Waals surface area contributed by atoms with Crippen LogP contribution < -0.4 is 10.9 Å². The maximum Gasteiger partial charge on any atom is 0.278 e. The number of carbonyl (C=O) groups is 1. The minimum atomic E-state index is -0.947. The van der Waals surface area contributed by atoms with E-state index >= 15 is 0 Å². The summed E-state index contributed by atoms with van der Waals surface area (Å²) < 4.78 is 1.52. The summed E-state index contributed by atoms with van der Waals surface area (Å²) in [5, 5.41) is 3.03. The fourth-order valence-electron chi connectivity index (χ4n) is 3.73. The van der Waals surface area contributed by atoms with Gasteiger partial charge in [0.05, 0.1) is 16.7 Å². The first-order valence-corrected chi connectivity index (χ1v) is 10.6. The maximum absolute atomic E-state index is 13.8. The number of aromatic nitrogens is 3. The molecule has 1 amide bonds. The molecule has 4 aromatic rings. The molecule has 0 aliphatic carbocycles. The van der Waals surface area contributed by atoms with Crippen molar-refractivity contribution in [2.45, 2.75) is 39.3 Å². The van der Waals surface area contributed by atoms with E-state index in [1.807, 2.05) is 94.4 Å². The molecule has 2 aromatic carbocycles. The summed E-state index contributed by atoms with van der Waals surface area (Å²) in [7, 11) is 0. The predicted molar refractivity (Wildman–Crippen MR) is 126 cm³/mol. The van der Waals surface area contributed by atoms with Gasteiger partial charge in [0.15, 0.2) is 6.04 Å². The number of rotatable bonds is 4. The maximum atomic E-state index is 13.8. The lowest BCUT2D eigenvalue weighted by Crippen LogP contribution is -2.47. The molecule has 0 spiro atoms. The molecule has 0 bridgehead atoms. The van der Waals surface area contributed by atoms with Crippen molar-refractivity contribution in [2.24, 2.45) is 0 Å². The highest BCUT2D eigenvalue weighted by Crippen LogP contribution is 2.24. The van der Waals surface area contributed by atoms with Crippen LogP contribution in [-0.4, -0.2) is 26.0 Å². The third-order valence-corrected chi connectivity index (χ3v) is 5.04. The van der Waals surface area contributed by atoms with Gasteiger partial charge in [0.2, 0.25) is 5.91 Å². The molecule has 0 fully saturated rings. The van der Waals surface area contributed by atoms with Gasteiger partial charge in [0.25, 0.3) is 5.56 Å². The Labute approximate surface area is 187 Å². The zero-order valence-electron chi connectivity index (χ0n) is 18.7. The first-order valence-electron chi connectivity index (χ1n) is 10.6. The van der Waals surface area contributed by atoms with Crippen molar-refractivity contribution in [3.8, 4) is 11.3 Å². The number of benzene rings is 2. The highest BCUT2D eigenvalue weighted by molar-refractivity contribution is 5.87. The van der Waals surface area contributed by atoms with Crippen LogP contribution in [0.1, 0.15) is 38.2 Å². The van der Waals surface area contributed by atoms with Gasteiger partial charge in [-0.2, -0.15) is 0 Å². The van der Waals surface area contributed by atoms with E-state index in [1.54, 1.807) is 6.07 Å². The first-order chi connectivity index (χ1) is 15.2. The highest BCUT2D eigenvalue weighted by Gasteiger charge is 2.30. The average Bonchev–Trinajstić information content (AvgIpc) is 2.75. The predicted octanol–water partition coefficient (Wildman–Crippen LogP) is 4.27. The summed E-state index contributed by atoms with van der Waals surface area (Å²) in [5.74, 6) is -0.298. The second kappa shape index (κ2) is 8.38. The van der Waals surface area contributed by atoms with Crippen LogP contribution >= 0.6 is 0 Å². The highest BCUT2D eigenvalue weighted by atomic mass is 16.2. The molecule has 6 nitrogen and oxygen atoms in total. The third-order valence-electron chi connectivity index (χ3n) is 5.04. The minimum Gasteiger partial charge on any atom is -0.349 e. The molecule has 6 heteroatoms. The fraction of sp³-hybridized carbons (Fsp3) is 0.231. The summed E-state index contributed by atoms with van der Waals surface area (Å²) in [4.78, 5) is 36.7. The topological polar surface area (TPSA) is 76.9 Å². The Bertz CT molecular complexity index is 1340. The van der Waals surface area contributed by atoms with E-state index in [0.717, 1.165) is 5.69 Å². The van der Waals surface area contributed by atoms with Crippen molar-refractivity contribution in [1.82, 2.24) is 19.9 Å². The van der Waals surface area contributed by atoms with Crippen molar-refractivity contribution in [3.05, 3.63) is 94.5 Å². The van der Waals surface area contributed by atoms with Crippen LogP contribution in [0.5, 0.6) is 0 Å². The van der Waals surface area contributed by atoms with Crippen LogP contribution in [0.25, 0.3) is 22.3 Å². The molecule has 2 aromatic heterocycles. The van der Waals surface area contributed by atoms with E-state index in [9.17, 15) is 9.59 Å². The van der Waals surface area contributed by atoms with E-state index in [0.29, 0.717) is 28.0 Å². The van der Waals surface area contributed by atoms with Gasteiger partial charge < -0.3 is 5.32 Å². The quantitative estimate of drug-likeness (QED) is 0.529. The van der Waals surface area contributed by atoms with Crippen LogP contribution in [0.4, 0.5) is 0 Å². The van der Waals surface area contributed by atoms with Gasteiger partial charge in [-0.3, -0.25) is 19.1 Å². The van der Waals surface area contributed by atoms with Gasteiger partial charge in [-0.1, -0.05) is 48.5 Å². The molecule has 0 aliphatic heterocycles. The first kappa shape index (κ1) is 21.4. The van der Waals surface area contributed by atoms with E-state index < -0.39 is 11.6 Å². The molecule has 0 radical (unpaired) electrons. The summed E-state index contributed by atoms with van der Waals surface area (Å²) in [6.07, 6.45) is 0. The van der Waals surface area contributed by atoms with Crippen LogP contribution in [0.3, 0.4) is 0 Å². The largest absolute Gasteiger partial charge is 0.349 e. The van der Waals surface area contributed by atoms with Crippen molar-refractivity contribution < 1.29 is 4.79 Å². The van der Waals surface area contributed by atoms with Gasteiger partial charge in [0.1, 0.15) is 5.69 Å². The summed E-state index contributed by atoms with van der Waals surface area (Å²) in [6.45, 7) is 7.60. The normalized spacial score (nSPS) is 12.5. The lowest BCUT2D eigenvalue weighted by atomic mass is 10.0. The molecule has 0 saturated carbocycles. The molecular formula is C26H26N4O2. The van der Waals surface area contributed by atoms with Crippen LogP contribution in [0.15, 0.2) is 77.6 Å². The monoisotopic (exact) mass is 426 g/mol. The van der Waals surface area contributed by atoms with Crippen molar-refractivity contribution in [1.29, 1.82) is 0 Å². The smallest absolute Gasteiger partial charge is 0.278 e. The second-order valence-corrected chi connectivity index (χ2v) is 8.84. The molecule has 0 saturated heterocycles. The van der Waals surface area contributed by atoms with Crippen LogP contribution in [0, 0.1) is 6.92 Å². The summed E-state index contributed by atoms with van der Waals surface area (Å²) >= 11 is 0. The number of carbonyl (C=O) groups excluding carboxylic acids is 1. The third kappa shape index (κ3) is 4.30. The Morgan fingerprint density at radius 1 is 0.906 bits per heavy atom. The standard InChI is InChI=1S/C26H26N4O2/c1-17-11-10-15-20(27-17)23(24(31)29-26(2,3)4)30-21-16-9-8-14-19(21)28-22(25(30)32)18-12-6-5-7-13-18/h5-16,23H,1-4H3,(H,29,31). The number of fused-ring (bicyclic) bond motifs is 1. The van der Waals surface area contributed by atoms with Gasteiger partial charge in [0, 0.05) is 16.8 Å². The van der Waals surface area contributed by atoms with E-state index in [2.05, 4.69) is 15.3 Å². The molecule has 2 heterocycles. The molecule has 0 aliphatic rings. The molecule has 32 heavy (non-hydrogen) atoms. The summed E-state index contributed by atoms with van der Waals surface area (Å²) in [6, 6.07) is 21.2. The number of hydrogen-bond acceptors (Lipinski definition) is 4. The molecule has 4 rings (SSSR count). The Morgan fingerprint density at radius 2 is 1.59 bits per heavy atom. The number of pyridine rings is 1. The zero-order chi connectivity index (χ0) is 22.9. The van der Waals surface area contributed by atoms with Crippen molar-refractivity contribution >= 4 is 16.9 Å². The lowest BCUT2D eigenvalue weighted by Gasteiger charge is -2.27. The minimum absolute atomic E-state index is 0.297. The van der Waals surface area contributed by atoms with Crippen molar-refractivity contribution in [3.63, 3.8) is 0 Å². The Balaban J connectivity index is 2.05. The summed E-state index contributed by atoms with van der Waals surface area (Å²) in [5.41, 5.74) is 2.66. The molecule has 162 valence electrons. The number of nitrogens with one attached hydrogen (secondary N) is 1. The number of hydrogen-bond donors (Lipinski definition) is 1. The van der Waals surface area contributed by atoms with Gasteiger partial charge in [-0.15, -0.1) is 0 Å². The Morgan fingerprint density at radius 3 is 2.28 bits per heavy atom. The number of para-hydroxylation sites is 2.